The summed E-state index contributed by atoms with van der Waals surface area (Å²) < 4.78 is 4.66. The fourth-order valence-corrected chi connectivity index (χ4v) is 3.47. The van der Waals surface area contributed by atoms with Gasteiger partial charge in [-0.1, -0.05) is 11.6 Å². The largest absolute Gasteiger partial charge is 0.467 e. The summed E-state index contributed by atoms with van der Waals surface area (Å²) >= 11 is 6.61. The summed E-state index contributed by atoms with van der Waals surface area (Å²) in [5.41, 5.74) is -0.295. The lowest BCUT2D eigenvalue weighted by Gasteiger charge is -2.33. The number of rotatable bonds is 3. The van der Waals surface area contributed by atoms with E-state index in [0.717, 1.165) is 30.2 Å². The Labute approximate surface area is 129 Å². The van der Waals surface area contributed by atoms with E-state index in [2.05, 4.69) is 0 Å². The van der Waals surface area contributed by atoms with E-state index in [1.165, 1.54) is 12.0 Å². The zero-order valence-corrected chi connectivity index (χ0v) is 12.8. The Morgan fingerprint density at radius 1 is 1.52 bits per heavy atom. The van der Waals surface area contributed by atoms with Crippen LogP contribution in [-0.4, -0.2) is 41.4 Å². The number of hydrogen-bond acceptors (Lipinski definition) is 6. The molecule has 21 heavy (non-hydrogen) atoms. The number of thiophene rings is 1. The molecule has 1 aliphatic heterocycles. The van der Waals surface area contributed by atoms with Gasteiger partial charge < -0.3 is 9.64 Å². The molecule has 1 fully saturated rings. The molecule has 1 saturated heterocycles. The molecule has 0 aromatic carbocycles. The van der Waals surface area contributed by atoms with Crippen LogP contribution in [0.4, 0.5) is 5.69 Å². The van der Waals surface area contributed by atoms with Gasteiger partial charge in [-0.15, -0.1) is 11.3 Å². The van der Waals surface area contributed by atoms with Crippen LogP contribution < -0.4 is 0 Å². The quantitative estimate of drug-likeness (QED) is 0.482. The Bertz CT molecular complexity index is 588. The lowest BCUT2D eigenvalue weighted by atomic mass is 10.0. The van der Waals surface area contributed by atoms with Gasteiger partial charge in [-0.3, -0.25) is 14.9 Å². The molecule has 0 N–H and O–H groups in total. The average molecular weight is 333 g/mol. The zero-order chi connectivity index (χ0) is 15.6. The molecule has 2 heterocycles. The molecule has 1 atom stereocenters. The highest BCUT2D eigenvalue weighted by atomic mass is 35.5. The number of hydrogen-bond donors (Lipinski definition) is 0. The number of methoxy groups -OCH3 is 1. The summed E-state index contributed by atoms with van der Waals surface area (Å²) in [7, 11) is 1.27. The molecule has 0 bridgehead atoms. The summed E-state index contributed by atoms with van der Waals surface area (Å²) in [4.78, 5) is 35.9. The fourth-order valence-electron chi connectivity index (χ4n) is 2.29. The van der Waals surface area contributed by atoms with Crippen LogP contribution in [0.15, 0.2) is 6.07 Å². The van der Waals surface area contributed by atoms with Gasteiger partial charge in [0.25, 0.3) is 11.6 Å². The van der Waals surface area contributed by atoms with Crippen molar-refractivity contribution >= 4 is 40.5 Å². The molecule has 0 radical (unpaired) electrons. The molecule has 2 rings (SSSR count). The van der Waals surface area contributed by atoms with Crippen molar-refractivity contribution < 1.29 is 19.2 Å². The minimum atomic E-state index is -0.642. The monoisotopic (exact) mass is 332 g/mol. The second kappa shape index (κ2) is 6.40. The molecule has 0 saturated carbocycles. The van der Waals surface area contributed by atoms with E-state index in [9.17, 15) is 19.7 Å². The summed E-state index contributed by atoms with van der Waals surface area (Å²) in [5.74, 6) is -0.898. The van der Waals surface area contributed by atoms with Crippen molar-refractivity contribution in [2.24, 2.45) is 0 Å². The minimum Gasteiger partial charge on any atom is -0.467 e. The van der Waals surface area contributed by atoms with Crippen molar-refractivity contribution in [3.05, 3.63) is 25.4 Å². The smallest absolute Gasteiger partial charge is 0.328 e. The number of ether oxygens (including phenoxy) is 1. The third-order valence-electron chi connectivity index (χ3n) is 3.31. The molecule has 1 unspecified atom stereocenters. The first kappa shape index (κ1) is 15.7. The Balaban J connectivity index is 2.26. The topological polar surface area (TPSA) is 89.8 Å². The summed E-state index contributed by atoms with van der Waals surface area (Å²) in [6.07, 6.45) is 2.13. The van der Waals surface area contributed by atoms with Gasteiger partial charge in [-0.25, -0.2) is 4.79 Å². The van der Waals surface area contributed by atoms with Gasteiger partial charge in [-0.2, -0.15) is 0 Å². The van der Waals surface area contributed by atoms with Gasteiger partial charge in [0.1, 0.15) is 10.9 Å². The average Bonchev–Trinajstić information content (AvgIpc) is 2.88. The number of nitrogens with zero attached hydrogens (tertiary/aromatic N) is 2. The van der Waals surface area contributed by atoms with Crippen LogP contribution >= 0.6 is 22.9 Å². The van der Waals surface area contributed by atoms with Crippen molar-refractivity contribution in [2.75, 3.05) is 13.7 Å². The maximum absolute atomic E-state index is 12.5. The van der Waals surface area contributed by atoms with Crippen LogP contribution in [0.1, 0.15) is 28.9 Å². The number of esters is 1. The molecule has 1 amide bonds. The van der Waals surface area contributed by atoms with Crippen LogP contribution in [0, 0.1) is 10.1 Å². The first-order valence-corrected chi connectivity index (χ1v) is 7.47. The van der Waals surface area contributed by atoms with Gasteiger partial charge in [-0.05, 0) is 19.3 Å². The molecular formula is C12H13ClN2O5S. The van der Waals surface area contributed by atoms with Crippen molar-refractivity contribution in [1.82, 2.24) is 4.90 Å². The van der Waals surface area contributed by atoms with Gasteiger partial charge in [0.15, 0.2) is 4.34 Å². The zero-order valence-electron chi connectivity index (χ0n) is 11.2. The van der Waals surface area contributed by atoms with E-state index < -0.39 is 22.8 Å². The highest BCUT2D eigenvalue weighted by Gasteiger charge is 2.35. The minimum absolute atomic E-state index is 0.0463. The predicted molar refractivity (Wildman–Crippen MR) is 76.7 cm³/mol. The highest BCUT2D eigenvalue weighted by molar-refractivity contribution is 7.18. The van der Waals surface area contributed by atoms with Crippen LogP contribution in [-0.2, 0) is 9.53 Å². The SMILES string of the molecule is COC(=O)C1CCCCN1C(=O)c1cc([N+](=O)[O-])c(Cl)s1. The molecule has 0 spiro atoms. The van der Waals surface area contributed by atoms with Crippen molar-refractivity contribution in [3.63, 3.8) is 0 Å². The second-order valence-electron chi connectivity index (χ2n) is 4.56. The third-order valence-corrected chi connectivity index (χ3v) is 4.64. The molecule has 0 aliphatic carbocycles. The lowest BCUT2D eigenvalue weighted by Crippen LogP contribution is -2.48. The van der Waals surface area contributed by atoms with E-state index in [4.69, 9.17) is 16.3 Å². The van der Waals surface area contributed by atoms with Gasteiger partial charge in [0.2, 0.25) is 0 Å². The van der Waals surface area contributed by atoms with Crippen molar-refractivity contribution in [3.8, 4) is 0 Å². The predicted octanol–water partition coefficient (Wildman–Crippen LogP) is 2.48. The first-order chi connectivity index (χ1) is 9.95. The molecule has 1 aliphatic rings. The number of likely N-dealkylation sites (tertiary alicyclic amines) is 1. The van der Waals surface area contributed by atoms with Crippen LogP contribution in [0.5, 0.6) is 0 Å². The summed E-state index contributed by atoms with van der Waals surface area (Å²) in [6.45, 7) is 0.419. The van der Waals surface area contributed by atoms with Crippen LogP contribution in [0.2, 0.25) is 4.34 Å². The fraction of sp³-hybridized carbons (Fsp3) is 0.500. The van der Waals surface area contributed by atoms with Gasteiger partial charge in [0, 0.05) is 12.6 Å². The van der Waals surface area contributed by atoms with Crippen molar-refractivity contribution in [1.29, 1.82) is 0 Å². The normalized spacial score (nSPS) is 18.4. The van der Waals surface area contributed by atoms with Gasteiger partial charge >= 0.3 is 5.97 Å². The number of nitro groups is 1. The van der Waals surface area contributed by atoms with E-state index in [0.29, 0.717) is 13.0 Å². The number of carbonyl (C=O) groups is 2. The number of carbonyl (C=O) groups excluding carboxylic acids is 2. The summed E-state index contributed by atoms with van der Waals surface area (Å²) in [5, 5.41) is 10.8. The van der Waals surface area contributed by atoms with E-state index in [1.807, 2.05) is 0 Å². The number of piperidine rings is 1. The van der Waals surface area contributed by atoms with E-state index in [-0.39, 0.29) is 14.9 Å². The maximum atomic E-state index is 12.5. The number of amides is 1. The Morgan fingerprint density at radius 3 is 2.81 bits per heavy atom. The molecule has 9 heteroatoms. The first-order valence-electron chi connectivity index (χ1n) is 6.28. The van der Waals surface area contributed by atoms with E-state index >= 15 is 0 Å². The lowest BCUT2D eigenvalue weighted by molar-refractivity contribution is -0.384. The molecule has 114 valence electrons. The van der Waals surface area contributed by atoms with Crippen LogP contribution in [0.25, 0.3) is 0 Å². The highest BCUT2D eigenvalue weighted by Crippen LogP contribution is 2.35. The second-order valence-corrected chi connectivity index (χ2v) is 6.21. The molecular weight excluding hydrogens is 320 g/mol. The molecule has 1 aromatic rings. The molecule has 7 nitrogen and oxygen atoms in total. The standard InChI is InChI=1S/C12H13ClN2O5S/c1-20-12(17)7-4-2-3-5-14(7)11(16)9-6-8(15(18)19)10(13)21-9/h6-7H,2-5H2,1H3. The van der Waals surface area contributed by atoms with Crippen LogP contribution in [0.3, 0.4) is 0 Å². The van der Waals surface area contributed by atoms with E-state index in [1.54, 1.807) is 0 Å². The Kier molecular flexibility index (Phi) is 4.79. The summed E-state index contributed by atoms with van der Waals surface area (Å²) in [6, 6.07) is 0.509. The Hall–Kier alpha value is -1.67. The molecule has 1 aromatic heterocycles. The maximum Gasteiger partial charge on any atom is 0.328 e. The Morgan fingerprint density at radius 2 is 2.24 bits per heavy atom. The van der Waals surface area contributed by atoms with Crippen molar-refractivity contribution in [2.45, 2.75) is 25.3 Å². The third kappa shape index (κ3) is 3.16. The number of halogens is 1. The van der Waals surface area contributed by atoms with Gasteiger partial charge in [0.05, 0.1) is 12.0 Å².